The summed E-state index contributed by atoms with van der Waals surface area (Å²) in [4.78, 5) is 15.8. The van der Waals surface area contributed by atoms with E-state index in [-0.39, 0.29) is 6.10 Å². The standard InChI is InChI=1S/C13H18N2O3/c1-2-18-13(17)10-4-3-7-14-12(10)15-8-11(16)9-5-6-9/h3-4,7,9,11,16H,2,5-6,8H2,1H3,(H,14,15). The number of ether oxygens (including phenoxy) is 1. The lowest BCUT2D eigenvalue weighted by Gasteiger charge is -2.13. The summed E-state index contributed by atoms with van der Waals surface area (Å²) >= 11 is 0. The van der Waals surface area contributed by atoms with E-state index in [9.17, 15) is 9.90 Å². The second-order valence-corrected chi connectivity index (χ2v) is 4.41. The third kappa shape index (κ3) is 3.20. The fraction of sp³-hybridized carbons (Fsp3) is 0.538. The Morgan fingerprint density at radius 1 is 1.67 bits per heavy atom. The zero-order valence-electron chi connectivity index (χ0n) is 10.4. The van der Waals surface area contributed by atoms with Crippen LogP contribution in [-0.2, 0) is 4.74 Å². The van der Waals surface area contributed by atoms with Crippen molar-refractivity contribution in [1.29, 1.82) is 0 Å². The number of anilines is 1. The van der Waals surface area contributed by atoms with E-state index in [0.29, 0.717) is 30.5 Å². The predicted octanol–water partition coefficient (Wildman–Crippen LogP) is 1.44. The molecule has 0 aromatic carbocycles. The van der Waals surface area contributed by atoms with Crippen molar-refractivity contribution in [3.63, 3.8) is 0 Å². The molecule has 1 unspecified atom stereocenters. The summed E-state index contributed by atoms with van der Waals surface area (Å²) in [7, 11) is 0. The summed E-state index contributed by atoms with van der Waals surface area (Å²) in [5, 5.41) is 12.8. The molecule has 98 valence electrons. The highest BCUT2D eigenvalue weighted by atomic mass is 16.5. The van der Waals surface area contributed by atoms with Crippen LogP contribution in [0.3, 0.4) is 0 Å². The van der Waals surface area contributed by atoms with Crippen LogP contribution in [0.15, 0.2) is 18.3 Å². The van der Waals surface area contributed by atoms with Crippen LogP contribution in [0.25, 0.3) is 0 Å². The van der Waals surface area contributed by atoms with Crippen LogP contribution >= 0.6 is 0 Å². The van der Waals surface area contributed by atoms with E-state index in [0.717, 1.165) is 12.8 Å². The Bertz CT molecular complexity index is 418. The summed E-state index contributed by atoms with van der Waals surface area (Å²) in [6.45, 7) is 2.50. The molecule has 1 saturated carbocycles. The number of pyridine rings is 1. The average Bonchev–Trinajstić information content (AvgIpc) is 3.21. The molecule has 1 aromatic heterocycles. The van der Waals surface area contributed by atoms with Crippen molar-refractivity contribution in [3.05, 3.63) is 23.9 Å². The van der Waals surface area contributed by atoms with E-state index < -0.39 is 5.97 Å². The highest BCUT2D eigenvalue weighted by Crippen LogP contribution is 2.32. The van der Waals surface area contributed by atoms with Gasteiger partial charge in [-0.2, -0.15) is 0 Å². The number of hydrogen-bond acceptors (Lipinski definition) is 5. The minimum Gasteiger partial charge on any atom is -0.462 e. The van der Waals surface area contributed by atoms with Gasteiger partial charge in [-0.1, -0.05) is 0 Å². The lowest BCUT2D eigenvalue weighted by atomic mass is 10.2. The Balaban J connectivity index is 1.99. The molecule has 1 heterocycles. The zero-order chi connectivity index (χ0) is 13.0. The minimum atomic E-state index is -0.394. The average molecular weight is 250 g/mol. The number of rotatable bonds is 6. The van der Waals surface area contributed by atoms with Crippen molar-refractivity contribution in [2.24, 2.45) is 5.92 Å². The van der Waals surface area contributed by atoms with Gasteiger partial charge in [-0.05, 0) is 37.8 Å². The fourth-order valence-corrected chi connectivity index (χ4v) is 1.77. The molecule has 0 amide bonds. The number of aromatic nitrogens is 1. The van der Waals surface area contributed by atoms with Gasteiger partial charge in [0.15, 0.2) is 0 Å². The molecule has 1 fully saturated rings. The van der Waals surface area contributed by atoms with Crippen LogP contribution in [0.5, 0.6) is 0 Å². The van der Waals surface area contributed by atoms with Gasteiger partial charge in [0.2, 0.25) is 0 Å². The second kappa shape index (κ2) is 5.82. The second-order valence-electron chi connectivity index (χ2n) is 4.41. The van der Waals surface area contributed by atoms with E-state index in [1.807, 2.05) is 0 Å². The van der Waals surface area contributed by atoms with Crippen molar-refractivity contribution in [2.75, 3.05) is 18.5 Å². The number of carbonyl (C=O) groups is 1. The fourth-order valence-electron chi connectivity index (χ4n) is 1.77. The molecule has 0 bridgehead atoms. The van der Waals surface area contributed by atoms with E-state index in [1.165, 1.54) is 0 Å². The first-order chi connectivity index (χ1) is 8.72. The smallest absolute Gasteiger partial charge is 0.341 e. The topological polar surface area (TPSA) is 71.5 Å². The van der Waals surface area contributed by atoms with Gasteiger partial charge in [0, 0.05) is 12.7 Å². The summed E-state index contributed by atoms with van der Waals surface area (Å²) in [6.07, 6.45) is 3.39. The van der Waals surface area contributed by atoms with Gasteiger partial charge in [-0.3, -0.25) is 0 Å². The van der Waals surface area contributed by atoms with E-state index >= 15 is 0 Å². The van der Waals surface area contributed by atoms with Crippen LogP contribution in [-0.4, -0.2) is 35.3 Å². The molecule has 18 heavy (non-hydrogen) atoms. The number of nitrogens with zero attached hydrogens (tertiary/aromatic N) is 1. The molecule has 5 nitrogen and oxygen atoms in total. The van der Waals surface area contributed by atoms with Crippen molar-refractivity contribution in [2.45, 2.75) is 25.9 Å². The maximum absolute atomic E-state index is 11.7. The van der Waals surface area contributed by atoms with Crippen molar-refractivity contribution in [3.8, 4) is 0 Å². The largest absolute Gasteiger partial charge is 0.462 e. The first kappa shape index (κ1) is 12.8. The predicted molar refractivity (Wildman–Crippen MR) is 67.4 cm³/mol. The molecule has 0 aliphatic heterocycles. The number of aliphatic hydroxyl groups excluding tert-OH is 1. The molecule has 1 aliphatic carbocycles. The molecule has 2 rings (SSSR count). The van der Waals surface area contributed by atoms with E-state index in [4.69, 9.17) is 4.74 Å². The van der Waals surface area contributed by atoms with Gasteiger partial charge < -0.3 is 15.2 Å². The minimum absolute atomic E-state index is 0.331. The van der Waals surface area contributed by atoms with Crippen LogP contribution in [0.4, 0.5) is 5.82 Å². The van der Waals surface area contributed by atoms with Crippen molar-refractivity contribution < 1.29 is 14.6 Å². The normalized spacial score (nSPS) is 16.1. The summed E-state index contributed by atoms with van der Waals surface area (Å²) < 4.78 is 4.95. The SMILES string of the molecule is CCOC(=O)c1cccnc1NCC(O)C1CC1. The first-order valence-electron chi connectivity index (χ1n) is 6.26. The van der Waals surface area contributed by atoms with E-state index in [1.54, 1.807) is 25.3 Å². The molecule has 1 atom stereocenters. The Labute approximate surface area is 106 Å². The molecule has 0 saturated heterocycles. The first-order valence-corrected chi connectivity index (χ1v) is 6.26. The lowest BCUT2D eigenvalue weighted by Crippen LogP contribution is -2.23. The molecule has 5 heteroatoms. The van der Waals surface area contributed by atoms with Gasteiger partial charge in [-0.25, -0.2) is 9.78 Å². The van der Waals surface area contributed by atoms with Crippen molar-refractivity contribution >= 4 is 11.8 Å². The summed E-state index contributed by atoms with van der Waals surface area (Å²) in [6, 6.07) is 3.35. The Morgan fingerprint density at radius 3 is 3.11 bits per heavy atom. The molecule has 1 aromatic rings. The third-order valence-corrected chi connectivity index (χ3v) is 2.95. The highest BCUT2D eigenvalue weighted by Gasteiger charge is 2.29. The molecular formula is C13H18N2O3. The quantitative estimate of drug-likeness (QED) is 0.747. The monoisotopic (exact) mass is 250 g/mol. The number of aliphatic hydroxyl groups is 1. The number of nitrogens with one attached hydrogen (secondary N) is 1. The van der Waals surface area contributed by atoms with Crippen LogP contribution in [0.1, 0.15) is 30.1 Å². The Morgan fingerprint density at radius 2 is 2.44 bits per heavy atom. The third-order valence-electron chi connectivity index (χ3n) is 2.95. The van der Waals surface area contributed by atoms with Gasteiger partial charge >= 0.3 is 5.97 Å². The highest BCUT2D eigenvalue weighted by molar-refractivity contribution is 5.94. The Kier molecular flexibility index (Phi) is 4.15. The number of hydrogen-bond donors (Lipinski definition) is 2. The molecular weight excluding hydrogens is 232 g/mol. The Hall–Kier alpha value is -1.62. The lowest BCUT2D eigenvalue weighted by molar-refractivity contribution is 0.0527. The van der Waals surface area contributed by atoms with Gasteiger partial charge in [0.1, 0.15) is 11.4 Å². The van der Waals surface area contributed by atoms with Crippen LogP contribution in [0.2, 0.25) is 0 Å². The maximum atomic E-state index is 11.7. The van der Waals surface area contributed by atoms with Gasteiger partial charge in [-0.15, -0.1) is 0 Å². The maximum Gasteiger partial charge on any atom is 0.341 e. The molecule has 1 aliphatic rings. The zero-order valence-corrected chi connectivity index (χ0v) is 10.4. The molecule has 0 spiro atoms. The molecule has 2 N–H and O–H groups in total. The van der Waals surface area contributed by atoms with Crippen LogP contribution in [0, 0.1) is 5.92 Å². The number of carbonyl (C=O) groups excluding carboxylic acids is 1. The molecule has 0 radical (unpaired) electrons. The summed E-state index contributed by atoms with van der Waals surface area (Å²) in [5.41, 5.74) is 0.405. The summed E-state index contributed by atoms with van der Waals surface area (Å²) in [5.74, 6) is 0.469. The van der Waals surface area contributed by atoms with Crippen molar-refractivity contribution in [1.82, 2.24) is 4.98 Å². The number of esters is 1. The van der Waals surface area contributed by atoms with E-state index in [2.05, 4.69) is 10.3 Å². The van der Waals surface area contributed by atoms with Crippen LogP contribution < -0.4 is 5.32 Å². The van der Waals surface area contributed by atoms with Gasteiger partial charge in [0.25, 0.3) is 0 Å². The van der Waals surface area contributed by atoms with Gasteiger partial charge in [0.05, 0.1) is 12.7 Å².